The Balaban J connectivity index is 1.41. The van der Waals surface area contributed by atoms with Crippen molar-refractivity contribution in [2.24, 2.45) is 0 Å². The Morgan fingerprint density at radius 3 is 2.55 bits per heavy atom. The van der Waals surface area contributed by atoms with E-state index in [1.54, 1.807) is 36.4 Å². The normalized spacial score (nSPS) is 10.8. The number of thioether (sulfide) groups is 1. The van der Waals surface area contributed by atoms with E-state index in [-0.39, 0.29) is 11.7 Å². The van der Waals surface area contributed by atoms with Gasteiger partial charge in [0.2, 0.25) is 23.6 Å². The van der Waals surface area contributed by atoms with Gasteiger partial charge in [-0.3, -0.25) is 4.79 Å². The molecule has 1 N–H and O–H groups in total. The molecule has 0 radical (unpaired) electrons. The standard InChI is InChI=1S/C19H14FN5O3S/c1-11(26)21-15-4-2-3-13(9-15)18-24-25-19(28-18)29-10-16-22-23-17(27-16)12-5-7-14(20)8-6-12/h2-9H,10H2,1H3,(H,21,26). The second-order valence-corrected chi connectivity index (χ2v) is 6.86. The van der Waals surface area contributed by atoms with Gasteiger partial charge in [0.15, 0.2) is 0 Å². The summed E-state index contributed by atoms with van der Waals surface area (Å²) in [5.74, 6) is 0.852. The second-order valence-electron chi connectivity index (χ2n) is 5.93. The van der Waals surface area contributed by atoms with Crippen LogP contribution in [0.25, 0.3) is 22.9 Å². The summed E-state index contributed by atoms with van der Waals surface area (Å²) in [4.78, 5) is 11.2. The van der Waals surface area contributed by atoms with E-state index in [2.05, 4.69) is 25.7 Å². The molecule has 0 aliphatic rings. The van der Waals surface area contributed by atoms with Gasteiger partial charge in [-0.15, -0.1) is 20.4 Å². The van der Waals surface area contributed by atoms with Crippen LogP contribution < -0.4 is 5.32 Å². The molecule has 2 heterocycles. The number of rotatable bonds is 6. The van der Waals surface area contributed by atoms with Gasteiger partial charge < -0.3 is 14.2 Å². The molecule has 0 fully saturated rings. The molecule has 10 heteroatoms. The lowest BCUT2D eigenvalue weighted by Crippen LogP contribution is -2.05. The lowest BCUT2D eigenvalue weighted by Gasteiger charge is -2.02. The topological polar surface area (TPSA) is 107 Å². The molecule has 8 nitrogen and oxygen atoms in total. The minimum Gasteiger partial charge on any atom is -0.420 e. The van der Waals surface area contributed by atoms with Gasteiger partial charge in [0, 0.05) is 23.7 Å². The third kappa shape index (κ3) is 4.66. The summed E-state index contributed by atoms with van der Waals surface area (Å²) in [5, 5.41) is 19.0. The number of halogens is 1. The van der Waals surface area contributed by atoms with E-state index in [9.17, 15) is 9.18 Å². The highest BCUT2D eigenvalue weighted by molar-refractivity contribution is 7.98. The molecular formula is C19H14FN5O3S. The van der Waals surface area contributed by atoms with Crippen molar-refractivity contribution in [1.82, 2.24) is 20.4 Å². The molecule has 2 aromatic carbocycles. The number of nitrogens with zero attached hydrogens (tertiary/aromatic N) is 4. The summed E-state index contributed by atoms with van der Waals surface area (Å²) < 4.78 is 24.2. The van der Waals surface area contributed by atoms with Crippen LogP contribution in [0.3, 0.4) is 0 Å². The first-order valence-corrected chi connectivity index (χ1v) is 9.48. The van der Waals surface area contributed by atoms with Crippen LogP contribution in [-0.4, -0.2) is 26.3 Å². The van der Waals surface area contributed by atoms with Crippen molar-refractivity contribution in [2.75, 3.05) is 5.32 Å². The Bertz CT molecular complexity index is 1140. The molecule has 4 aromatic rings. The molecule has 4 rings (SSSR count). The molecule has 0 unspecified atom stereocenters. The Kier molecular flexibility index (Phi) is 5.34. The SMILES string of the molecule is CC(=O)Nc1cccc(-c2nnc(SCc3nnc(-c4ccc(F)cc4)o3)o2)c1. The summed E-state index contributed by atoms with van der Waals surface area (Å²) >= 11 is 1.25. The molecule has 0 atom stereocenters. The molecule has 0 bridgehead atoms. The van der Waals surface area contributed by atoms with E-state index < -0.39 is 0 Å². The first-order chi connectivity index (χ1) is 14.1. The van der Waals surface area contributed by atoms with Crippen LogP contribution in [0.2, 0.25) is 0 Å². The smallest absolute Gasteiger partial charge is 0.277 e. The van der Waals surface area contributed by atoms with Gasteiger partial charge in [-0.25, -0.2) is 4.39 Å². The van der Waals surface area contributed by atoms with Crippen molar-refractivity contribution in [3.63, 3.8) is 0 Å². The van der Waals surface area contributed by atoms with Gasteiger partial charge in [-0.1, -0.05) is 17.8 Å². The molecular weight excluding hydrogens is 397 g/mol. The highest BCUT2D eigenvalue weighted by Crippen LogP contribution is 2.27. The van der Waals surface area contributed by atoms with Crippen molar-refractivity contribution in [3.8, 4) is 22.9 Å². The van der Waals surface area contributed by atoms with Crippen LogP contribution in [0.4, 0.5) is 10.1 Å². The van der Waals surface area contributed by atoms with Gasteiger partial charge in [0.25, 0.3) is 5.22 Å². The lowest BCUT2D eigenvalue weighted by atomic mass is 10.2. The van der Waals surface area contributed by atoms with Crippen molar-refractivity contribution in [2.45, 2.75) is 17.9 Å². The fourth-order valence-corrected chi connectivity index (χ4v) is 3.06. The molecule has 0 aliphatic heterocycles. The number of nitrogens with one attached hydrogen (secondary N) is 1. The number of benzene rings is 2. The zero-order chi connectivity index (χ0) is 20.2. The third-order valence-electron chi connectivity index (χ3n) is 3.71. The lowest BCUT2D eigenvalue weighted by molar-refractivity contribution is -0.114. The number of anilines is 1. The summed E-state index contributed by atoms with van der Waals surface area (Å²) in [6.45, 7) is 1.44. The van der Waals surface area contributed by atoms with E-state index in [0.29, 0.717) is 45.5 Å². The predicted molar refractivity (Wildman–Crippen MR) is 103 cm³/mol. The number of aromatic nitrogens is 4. The first kappa shape index (κ1) is 18.8. The summed E-state index contributed by atoms with van der Waals surface area (Å²) in [6, 6.07) is 12.9. The first-order valence-electron chi connectivity index (χ1n) is 8.49. The minimum atomic E-state index is -0.334. The fraction of sp³-hybridized carbons (Fsp3) is 0.105. The molecule has 29 heavy (non-hydrogen) atoms. The van der Waals surface area contributed by atoms with Crippen LogP contribution in [0.15, 0.2) is 62.6 Å². The van der Waals surface area contributed by atoms with Crippen LogP contribution in [-0.2, 0) is 10.5 Å². The quantitative estimate of drug-likeness (QED) is 0.471. The van der Waals surface area contributed by atoms with E-state index in [0.717, 1.165) is 0 Å². The van der Waals surface area contributed by atoms with Gasteiger partial charge in [0.05, 0.1) is 5.75 Å². The Hall–Kier alpha value is -3.53. The highest BCUT2D eigenvalue weighted by atomic mass is 32.2. The number of carbonyl (C=O) groups excluding carboxylic acids is 1. The number of hydrogen-bond donors (Lipinski definition) is 1. The maximum absolute atomic E-state index is 13.0. The van der Waals surface area contributed by atoms with Gasteiger partial charge in [0.1, 0.15) is 5.82 Å². The van der Waals surface area contributed by atoms with Gasteiger partial charge in [-0.2, -0.15) is 0 Å². The molecule has 2 aromatic heterocycles. The number of amides is 1. The molecule has 1 amide bonds. The minimum absolute atomic E-state index is 0.163. The van der Waals surface area contributed by atoms with Gasteiger partial charge >= 0.3 is 0 Å². The number of carbonyl (C=O) groups is 1. The molecule has 0 saturated carbocycles. The highest BCUT2D eigenvalue weighted by Gasteiger charge is 2.13. The Morgan fingerprint density at radius 2 is 1.76 bits per heavy atom. The zero-order valence-electron chi connectivity index (χ0n) is 15.1. The van der Waals surface area contributed by atoms with Crippen molar-refractivity contribution in [3.05, 3.63) is 60.2 Å². The largest absolute Gasteiger partial charge is 0.420 e. The average Bonchev–Trinajstić information content (AvgIpc) is 3.36. The van der Waals surface area contributed by atoms with Crippen LogP contribution in [0.1, 0.15) is 12.8 Å². The average molecular weight is 411 g/mol. The van der Waals surface area contributed by atoms with E-state index >= 15 is 0 Å². The molecule has 0 spiro atoms. The Morgan fingerprint density at radius 1 is 1.00 bits per heavy atom. The number of hydrogen-bond acceptors (Lipinski definition) is 8. The fourth-order valence-electron chi connectivity index (χ4n) is 2.46. The summed E-state index contributed by atoms with van der Waals surface area (Å²) in [6.07, 6.45) is 0. The van der Waals surface area contributed by atoms with Crippen molar-refractivity contribution in [1.29, 1.82) is 0 Å². The van der Waals surface area contributed by atoms with E-state index in [1.807, 2.05) is 0 Å². The van der Waals surface area contributed by atoms with Crippen LogP contribution >= 0.6 is 11.8 Å². The van der Waals surface area contributed by atoms with E-state index in [4.69, 9.17) is 8.83 Å². The summed E-state index contributed by atoms with van der Waals surface area (Å²) in [5.41, 5.74) is 1.96. The molecule has 0 aliphatic carbocycles. The molecule has 0 saturated heterocycles. The third-order valence-corrected chi connectivity index (χ3v) is 4.52. The Labute approximate surface area is 168 Å². The zero-order valence-corrected chi connectivity index (χ0v) is 15.9. The van der Waals surface area contributed by atoms with Crippen molar-refractivity contribution >= 4 is 23.4 Å². The predicted octanol–water partition coefficient (Wildman–Crippen LogP) is 4.18. The van der Waals surface area contributed by atoms with E-state index in [1.165, 1.54) is 30.8 Å². The van der Waals surface area contributed by atoms with Gasteiger partial charge in [-0.05, 0) is 42.5 Å². The maximum atomic E-state index is 13.0. The maximum Gasteiger partial charge on any atom is 0.277 e. The monoisotopic (exact) mass is 411 g/mol. The van der Waals surface area contributed by atoms with Crippen LogP contribution in [0.5, 0.6) is 0 Å². The molecule has 146 valence electrons. The van der Waals surface area contributed by atoms with Crippen LogP contribution in [0, 0.1) is 5.82 Å². The second kappa shape index (κ2) is 8.23. The summed E-state index contributed by atoms with van der Waals surface area (Å²) in [7, 11) is 0. The van der Waals surface area contributed by atoms with Crippen molar-refractivity contribution < 1.29 is 18.0 Å².